The van der Waals surface area contributed by atoms with Crippen molar-refractivity contribution in [2.45, 2.75) is 32.8 Å². The number of amides is 1. The van der Waals surface area contributed by atoms with Crippen LogP contribution in [0.5, 0.6) is 0 Å². The van der Waals surface area contributed by atoms with E-state index in [4.69, 9.17) is 19.9 Å². The summed E-state index contributed by atoms with van der Waals surface area (Å²) >= 11 is 0. The van der Waals surface area contributed by atoms with Gasteiger partial charge in [-0.15, -0.1) is 0 Å². The molecular weight excluding hydrogens is 500 g/mol. The quantitative estimate of drug-likeness (QED) is 0.400. The number of nitrogens with two attached hydrogens (primary N) is 1. The molecule has 0 saturated carbocycles. The molecule has 0 aliphatic carbocycles. The third-order valence-corrected chi connectivity index (χ3v) is 6.38. The number of hydrogen-bond acceptors (Lipinski definition) is 11. The number of carbonyl (C=O) groups is 1. The van der Waals surface area contributed by atoms with Gasteiger partial charge in [-0.3, -0.25) is 9.79 Å². The van der Waals surface area contributed by atoms with Crippen molar-refractivity contribution in [3.8, 4) is 0 Å². The molecule has 0 radical (unpaired) electrons. The topological polar surface area (TPSA) is 155 Å². The molecule has 4 N–H and O–H groups in total. The number of nitrogens with one attached hydrogen (secondary N) is 1. The van der Waals surface area contributed by atoms with E-state index in [2.05, 4.69) is 20.3 Å². The van der Waals surface area contributed by atoms with Crippen LogP contribution >= 0.6 is 0 Å². The molecule has 0 atom stereocenters. The number of morpholine rings is 1. The van der Waals surface area contributed by atoms with Gasteiger partial charge in [-0.05, 0) is 25.0 Å². The fourth-order valence-corrected chi connectivity index (χ4v) is 4.40. The van der Waals surface area contributed by atoms with Gasteiger partial charge in [0.1, 0.15) is 11.6 Å². The number of aliphatic imine (C=N–C) groups is 1. The first kappa shape index (κ1) is 28.0. The molecule has 2 fully saturated rings. The molecule has 12 nitrogen and oxygen atoms in total. The van der Waals surface area contributed by atoms with Crippen molar-refractivity contribution >= 4 is 46.6 Å². The highest BCUT2D eigenvalue weighted by Crippen LogP contribution is 2.30. The number of carbonyl (C=O) groups excluding carboxylic acids is 1. The number of pyridine rings is 2. The third kappa shape index (κ3) is 6.52. The fraction of sp³-hybridized carbons (Fsp3) is 0.444. The highest BCUT2D eigenvalue weighted by Gasteiger charge is 2.27. The van der Waals surface area contributed by atoms with Crippen molar-refractivity contribution in [3.63, 3.8) is 0 Å². The van der Waals surface area contributed by atoms with Crippen molar-refractivity contribution in [2.24, 2.45) is 10.7 Å². The van der Waals surface area contributed by atoms with Crippen LogP contribution in [0.25, 0.3) is 16.8 Å². The summed E-state index contributed by atoms with van der Waals surface area (Å²) in [5.74, 6) is 0.473. The summed E-state index contributed by atoms with van der Waals surface area (Å²) in [6.45, 7) is 7.67. The van der Waals surface area contributed by atoms with Gasteiger partial charge in [0.15, 0.2) is 5.58 Å². The number of ether oxygens (including phenoxy) is 1. The molecule has 5 heterocycles. The number of fused-ring (bicyclic) bond motifs is 1. The molecule has 2 aliphatic rings. The normalized spacial score (nSPS) is 16.9. The maximum absolute atomic E-state index is 13.5. The van der Waals surface area contributed by atoms with Crippen LogP contribution in [0.15, 0.2) is 39.9 Å². The molecule has 3 aromatic heterocycles. The van der Waals surface area contributed by atoms with Crippen molar-refractivity contribution < 1.29 is 19.1 Å². The average Bonchev–Trinajstić information content (AvgIpc) is 3.40. The predicted molar refractivity (Wildman–Crippen MR) is 152 cm³/mol. The summed E-state index contributed by atoms with van der Waals surface area (Å²) in [4.78, 5) is 35.4. The van der Waals surface area contributed by atoms with Crippen LogP contribution in [-0.2, 0) is 4.74 Å². The Labute approximate surface area is 227 Å². The molecule has 2 saturated heterocycles. The molecule has 208 valence electrons. The summed E-state index contributed by atoms with van der Waals surface area (Å²) in [7, 11) is 1.65. The van der Waals surface area contributed by atoms with Crippen LogP contribution < -0.4 is 20.9 Å². The minimum absolute atomic E-state index is 0.338. The Bertz CT molecular complexity index is 1320. The van der Waals surface area contributed by atoms with Gasteiger partial charge in [-0.2, -0.15) is 4.98 Å². The zero-order valence-electron chi connectivity index (χ0n) is 22.6. The zero-order valence-corrected chi connectivity index (χ0v) is 22.6. The first-order valence-corrected chi connectivity index (χ1v) is 13.3. The van der Waals surface area contributed by atoms with Crippen molar-refractivity contribution in [2.75, 3.05) is 61.6 Å². The Hall–Kier alpha value is -4.03. The first-order valence-electron chi connectivity index (χ1n) is 13.3. The van der Waals surface area contributed by atoms with Gasteiger partial charge in [0.05, 0.1) is 30.6 Å². The number of hydrogen-bond donors (Lipinski definition) is 3. The highest BCUT2D eigenvalue weighted by molar-refractivity contribution is 6.10. The minimum Gasteiger partial charge on any atom is -0.422 e. The van der Waals surface area contributed by atoms with E-state index in [1.165, 1.54) is 6.20 Å². The van der Waals surface area contributed by atoms with Gasteiger partial charge in [0.2, 0.25) is 5.65 Å². The number of aromatic nitrogens is 3. The smallest absolute Gasteiger partial charge is 0.300 e. The van der Waals surface area contributed by atoms with Gasteiger partial charge in [0.25, 0.3) is 11.9 Å². The molecule has 0 unspecified atom stereocenters. The molecule has 39 heavy (non-hydrogen) atoms. The first-order chi connectivity index (χ1) is 19.1. The van der Waals surface area contributed by atoms with E-state index in [-0.39, 0.29) is 12.0 Å². The monoisotopic (exact) mass is 536 g/mol. The molecule has 12 heteroatoms. The Morgan fingerprint density at radius 3 is 2.56 bits per heavy atom. The van der Waals surface area contributed by atoms with Crippen molar-refractivity contribution in [3.05, 3.63) is 41.7 Å². The van der Waals surface area contributed by atoms with Crippen LogP contribution in [0.4, 0.5) is 17.7 Å². The Morgan fingerprint density at radius 1 is 1.13 bits per heavy atom. The fourth-order valence-electron chi connectivity index (χ4n) is 4.40. The lowest BCUT2D eigenvalue weighted by Crippen LogP contribution is -2.37. The lowest BCUT2D eigenvalue weighted by Gasteiger charge is -2.31. The lowest BCUT2D eigenvalue weighted by molar-refractivity contribution is 0.102. The van der Waals surface area contributed by atoms with Gasteiger partial charge in [0, 0.05) is 57.3 Å². The summed E-state index contributed by atoms with van der Waals surface area (Å²) in [5, 5.41) is 12.9. The van der Waals surface area contributed by atoms with E-state index in [0.29, 0.717) is 97.9 Å². The van der Waals surface area contributed by atoms with Gasteiger partial charge in [-0.25, -0.2) is 9.97 Å². The van der Waals surface area contributed by atoms with Gasteiger partial charge in [-0.1, -0.05) is 19.9 Å². The van der Waals surface area contributed by atoms with E-state index < -0.39 is 0 Å². The van der Waals surface area contributed by atoms with Crippen LogP contribution in [-0.4, -0.2) is 84.7 Å². The molecule has 1 amide bonds. The zero-order chi connectivity index (χ0) is 27.8. The summed E-state index contributed by atoms with van der Waals surface area (Å²) < 4.78 is 11.4. The second kappa shape index (κ2) is 13.2. The molecule has 5 rings (SSSR count). The molecule has 0 aromatic carbocycles. The number of nitrogens with zero attached hydrogens (tertiary/aromatic N) is 6. The van der Waals surface area contributed by atoms with Crippen molar-refractivity contribution in [1.82, 2.24) is 15.0 Å². The molecule has 2 aliphatic heterocycles. The second-order valence-electron chi connectivity index (χ2n) is 8.87. The van der Waals surface area contributed by atoms with Crippen molar-refractivity contribution in [1.29, 1.82) is 0 Å². The largest absolute Gasteiger partial charge is 0.422 e. The summed E-state index contributed by atoms with van der Waals surface area (Å²) in [5.41, 5.74) is 8.11. The molecular formula is C27H36N8O4. The second-order valence-corrected chi connectivity index (χ2v) is 8.87. The van der Waals surface area contributed by atoms with E-state index in [1.807, 2.05) is 23.6 Å². The lowest BCUT2D eigenvalue weighted by atomic mass is 10.1. The minimum atomic E-state index is -0.382. The number of piperidine rings is 1. The number of aliphatic hydroxyl groups is 1. The van der Waals surface area contributed by atoms with Gasteiger partial charge < -0.3 is 35.1 Å². The average molecular weight is 537 g/mol. The molecule has 0 bridgehead atoms. The maximum Gasteiger partial charge on any atom is 0.300 e. The highest BCUT2D eigenvalue weighted by atomic mass is 16.5. The van der Waals surface area contributed by atoms with E-state index in [9.17, 15) is 9.90 Å². The predicted octanol–water partition coefficient (Wildman–Crippen LogP) is 2.69. The molecule has 0 spiro atoms. The molecule has 3 aromatic rings. The number of rotatable bonds is 6. The maximum atomic E-state index is 13.5. The van der Waals surface area contributed by atoms with E-state index >= 15 is 0 Å². The van der Waals surface area contributed by atoms with Crippen LogP contribution in [0.2, 0.25) is 0 Å². The van der Waals surface area contributed by atoms with Crippen LogP contribution in [0.3, 0.4) is 0 Å². The Balaban J connectivity index is 0.00000172. The van der Waals surface area contributed by atoms with Crippen LogP contribution in [0.1, 0.15) is 42.7 Å². The SMILES string of the molecule is CC.CN=C/C(=C\N)c1cccc(NC(=O)c2cc3oc(N4CCOCC4)nc3nc2N2CCC(O)CC2)n1. The van der Waals surface area contributed by atoms with E-state index in [0.717, 1.165) is 0 Å². The number of anilines is 3. The summed E-state index contributed by atoms with van der Waals surface area (Å²) in [6.07, 6.45) is 3.84. The number of allylic oxidation sites excluding steroid dienone is 1. The van der Waals surface area contributed by atoms with Gasteiger partial charge >= 0.3 is 0 Å². The van der Waals surface area contributed by atoms with E-state index in [1.54, 1.807) is 37.5 Å². The third-order valence-electron chi connectivity index (χ3n) is 6.38. The summed E-state index contributed by atoms with van der Waals surface area (Å²) in [6, 6.07) is 7.40. The number of aliphatic hydroxyl groups excluding tert-OH is 1. The Morgan fingerprint density at radius 2 is 1.87 bits per heavy atom. The number of oxazole rings is 1. The Kier molecular flexibility index (Phi) is 9.45. The van der Waals surface area contributed by atoms with Crippen LogP contribution in [0, 0.1) is 0 Å². The standard InChI is InChI=1S/C25H30N8O4.C2H6/c1-27-15-16(14-26)19-3-2-4-21(28-19)29-24(35)18-13-20-22(30-23(18)32-7-5-17(34)6-8-32)31-25(37-20)33-9-11-36-12-10-33;1-2/h2-4,13-15,17,34H,5-12,26H2,1H3,(H,28,29,35);1-2H3/b16-14+,27-15?;.